The van der Waals surface area contributed by atoms with Crippen LogP contribution in [0.3, 0.4) is 0 Å². The Labute approximate surface area is 163 Å². The van der Waals surface area contributed by atoms with Gasteiger partial charge in [-0.15, -0.1) is 0 Å². The molecule has 26 heavy (non-hydrogen) atoms. The second-order valence-corrected chi connectivity index (χ2v) is 8.62. The Morgan fingerprint density at radius 1 is 1.38 bits per heavy atom. The minimum Gasteiger partial charge on any atom is -0.446 e. The number of carbonyl (C=O) groups is 2. The molecule has 0 bridgehead atoms. The first kappa shape index (κ1) is 20.7. The van der Waals surface area contributed by atoms with Crippen LogP contribution in [-0.4, -0.2) is 39.3 Å². The highest BCUT2D eigenvalue weighted by molar-refractivity contribution is 9.09. The molecule has 2 N–H and O–H groups in total. The summed E-state index contributed by atoms with van der Waals surface area (Å²) in [5.41, 5.74) is 0.680. The number of anilines is 1. The molecule has 0 spiro atoms. The Hall–Kier alpha value is -1.57. The van der Waals surface area contributed by atoms with E-state index in [1.54, 1.807) is 0 Å². The van der Waals surface area contributed by atoms with Crippen molar-refractivity contribution in [2.45, 2.75) is 77.5 Å². The summed E-state index contributed by atoms with van der Waals surface area (Å²) in [4.78, 5) is 23.6. The normalized spacial score (nSPS) is 20.3. The van der Waals surface area contributed by atoms with Gasteiger partial charge in [-0.05, 0) is 53.9 Å². The van der Waals surface area contributed by atoms with Crippen molar-refractivity contribution in [3.8, 4) is 0 Å². The number of ether oxygens (including phenoxy) is 1. The van der Waals surface area contributed by atoms with Gasteiger partial charge in [0.25, 0.3) is 0 Å². The molecule has 0 aromatic carbocycles. The van der Waals surface area contributed by atoms with Crippen LogP contribution in [0, 0.1) is 0 Å². The van der Waals surface area contributed by atoms with Gasteiger partial charge in [0, 0.05) is 18.0 Å². The van der Waals surface area contributed by atoms with E-state index in [1.807, 2.05) is 45.4 Å². The number of alkyl carbamates (subject to hydrolysis) is 1. The van der Waals surface area contributed by atoms with Crippen molar-refractivity contribution < 1.29 is 14.3 Å². The van der Waals surface area contributed by atoms with E-state index in [9.17, 15) is 9.59 Å². The molecule has 0 saturated heterocycles. The SMILES string of the molecule is CC(C)NC(=O)O[C@@H]1CC[C@H](c2cc(NC(=O)CBr)n(C(C)(C)C)n2)C1. The quantitative estimate of drug-likeness (QED) is 0.699. The number of alkyl halides is 1. The second-order valence-electron chi connectivity index (χ2n) is 8.06. The summed E-state index contributed by atoms with van der Waals surface area (Å²) in [5, 5.41) is 10.6. The van der Waals surface area contributed by atoms with Gasteiger partial charge in [-0.25, -0.2) is 9.48 Å². The van der Waals surface area contributed by atoms with Crippen LogP contribution in [0.2, 0.25) is 0 Å². The van der Waals surface area contributed by atoms with Gasteiger partial charge >= 0.3 is 6.09 Å². The van der Waals surface area contributed by atoms with E-state index < -0.39 is 0 Å². The molecule has 0 unspecified atom stereocenters. The van der Waals surface area contributed by atoms with Crippen LogP contribution in [0.15, 0.2) is 6.07 Å². The highest BCUT2D eigenvalue weighted by Crippen LogP contribution is 2.37. The van der Waals surface area contributed by atoms with Crippen LogP contribution in [0.5, 0.6) is 0 Å². The van der Waals surface area contributed by atoms with Crippen molar-refractivity contribution in [3.05, 3.63) is 11.8 Å². The average molecular weight is 429 g/mol. The van der Waals surface area contributed by atoms with Crippen LogP contribution >= 0.6 is 15.9 Å². The van der Waals surface area contributed by atoms with Crippen molar-refractivity contribution >= 4 is 33.7 Å². The van der Waals surface area contributed by atoms with E-state index in [-0.39, 0.29) is 40.9 Å². The molecule has 1 aliphatic carbocycles. The minimum atomic E-state index is -0.365. The smallest absolute Gasteiger partial charge is 0.407 e. The summed E-state index contributed by atoms with van der Waals surface area (Å²) in [6.45, 7) is 9.94. The fraction of sp³-hybridized carbons (Fsp3) is 0.722. The fourth-order valence-corrected chi connectivity index (χ4v) is 3.25. The molecular formula is C18H29BrN4O3. The Morgan fingerprint density at radius 2 is 2.08 bits per heavy atom. The summed E-state index contributed by atoms with van der Waals surface area (Å²) < 4.78 is 7.35. The zero-order chi connectivity index (χ0) is 19.5. The van der Waals surface area contributed by atoms with Gasteiger partial charge in [-0.2, -0.15) is 5.10 Å². The molecule has 1 aromatic rings. The molecule has 7 nitrogen and oxygen atoms in total. The Balaban J connectivity index is 2.09. The summed E-state index contributed by atoms with van der Waals surface area (Å²) >= 11 is 3.17. The van der Waals surface area contributed by atoms with E-state index >= 15 is 0 Å². The van der Waals surface area contributed by atoms with Gasteiger partial charge in [0.1, 0.15) is 11.9 Å². The monoisotopic (exact) mass is 428 g/mol. The molecule has 1 saturated carbocycles. The molecule has 1 aliphatic rings. The Morgan fingerprint density at radius 3 is 2.65 bits per heavy atom. The Kier molecular flexibility index (Phi) is 6.71. The maximum Gasteiger partial charge on any atom is 0.407 e. The van der Waals surface area contributed by atoms with Crippen molar-refractivity contribution in [3.63, 3.8) is 0 Å². The molecule has 0 aliphatic heterocycles. The number of nitrogens with one attached hydrogen (secondary N) is 2. The lowest BCUT2D eigenvalue weighted by molar-refractivity contribution is -0.113. The zero-order valence-corrected chi connectivity index (χ0v) is 17.7. The predicted molar refractivity (Wildman–Crippen MR) is 105 cm³/mol. The highest BCUT2D eigenvalue weighted by atomic mass is 79.9. The number of carbonyl (C=O) groups excluding carboxylic acids is 2. The van der Waals surface area contributed by atoms with Gasteiger partial charge in [0.2, 0.25) is 5.91 Å². The molecular weight excluding hydrogens is 400 g/mol. The third-order valence-electron chi connectivity index (χ3n) is 4.24. The molecule has 1 aromatic heterocycles. The lowest BCUT2D eigenvalue weighted by atomic mass is 10.0. The van der Waals surface area contributed by atoms with Crippen molar-refractivity contribution in [2.75, 3.05) is 10.6 Å². The van der Waals surface area contributed by atoms with E-state index in [0.29, 0.717) is 5.82 Å². The lowest BCUT2D eigenvalue weighted by Gasteiger charge is -2.22. The summed E-state index contributed by atoms with van der Waals surface area (Å²) in [6, 6.07) is 2.00. The van der Waals surface area contributed by atoms with Gasteiger partial charge in [-0.1, -0.05) is 15.9 Å². The fourth-order valence-electron chi connectivity index (χ4n) is 3.11. The molecule has 2 amide bonds. The van der Waals surface area contributed by atoms with Crippen LogP contribution in [0.4, 0.5) is 10.6 Å². The lowest BCUT2D eigenvalue weighted by Crippen LogP contribution is -2.33. The van der Waals surface area contributed by atoms with E-state index in [0.717, 1.165) is 25.0 Å². The molecule has 0 radical (unpaired) electrons. The largest absolute Gasteiger partial charge is 0.446 e. The number of rotatable bonds is 5. The van der Waals surface area contributed by atoms with Gasteiger partial charge in [0.05, 0.1) is 16.6 Å². The molecule has 1 fully saturated rings. The molecule has 1 heterocycles. The van der Waals surface area contributed by atoms with Gasteiger partial charge in [0.15, 0.2) is 0 Å². The minimum absolute atomic E-state index is 0.0581. The average Bonchev–Trinajstić information content (AvgIpc) is 3.12. The van der Waals surface area contributed by atoms with Crippen LogP contribution in [-0.2, 0) is 15.1 Å². The number of nitrogens with zero attached hydrogens (tertiary/aromatic N) is 2. The van der Waals surface area contributed by atoms with Crippen LogP contribution in [0.1, 0.15) is 65.5 Å². The topological polar surface area (TPSA) is 85.3 Å². The predicted octanol–water partition coefficient (Wildman–Crippen LogP) is 3.74. The molecule has 2 atom stereocenters. The number of amides is 2. The van der Waals surface area contributed by atoms with Crippen LogP contribution < -0.4 is 10.6 Å². The zero-order valence-electron chi connectivity index (χ0n) is 16.1. The third kappa shape index (κ3) is 5.46. The summed E-state index contributed by atoms with van der Waals surface area (Å²) in [6.07, 6.45) is 2.02. The number of hydrogen-bond acceptors (Lipinski definition) is 4. The first-order chi connectivity index (χ1) is 12.1. The maximum atomic E-state index is 11.8. The van der Waals surface area contributed by atoms with E-state index in [1.165, 1.54) is 0 Å². The third-order valence-corrected chi connectivity index (χ3v) is 4.74. The number of halogens is 1. The summed E-state index contributed by atoms with van der Waals surface area (Å²) in [7, 11) is 0. The number of aromatic nitrogens is 2. The molecule has 2 rings (SSSR count). The Bertz CT molecular complexity index is 651. The first-order valence-corrected chi connectivity index (χ1v) is 10.2. The van der Waals surface area contributed by atoms with Crippen molar-refractivity contribution in [1.82, 2.24) is 15.1 Å². The highest BCUT2D eigenvalue weighted by Gasteiger charge is 2.32. The van der Waals surface area contributed by atoms with Crippen LogP contribution in [0.25, 0.3) is 0 Å². The maximum absolute atomic E-state index is 11.8. The van der Waals surface area contributed by atoms with Gasteiger partial charge in [-0.3, -0.25) is 4.79 Å². The van der Waals surface area contributed by atoms with E-state index in [2.05, 4.69) is 26.6 Å². The molecule has 8 heteroatoms. The molecule has 146 valence electrons. The van der Waals surface area contributed by atoms with E-state index in [4.69, 9.17) is 9.84 Å². The standard InChI is InChI=1S/C18H29BrN4O3/c1-11(2)20-17(25)26-13-7-6-12(8-13)14-9-15(21-16(24)10-19)23(22-14)18(3,4)5/h9,11-13H,6-8,10H2,1-5H3,(H,20,25)(H,21,24)/t12-,13+/m0/s1. The summed E-state index contributed by atoms with van der Waals surface area (Å²) in [5.74, 6) is 0.800. The first-order valence-electron chi connectivity index (χ1n) is 9.03. The number of hydrogen-bond donors (Lipinski definition) is 2. The second kappa shape index (κ2) is 8.41. The van der Waals surface area contributed by atoms with Crippen molar-refractivity contribution in [2.24, 2.45) is 0 Å². The van der Waals surface area contributed by atoms with Gasteiger partial charge < -0.3 is 15.4 Å². The van der Waals surface area contributed by atoms with Crippen molar-refractivity contribution in [1.29, 1.82) is 0 Å².